The van der Waals surface area contributed by atoms with E-state index < -0.39 is 0 Å². The molecule has 0 aromatic heterocycles. The Labute approximate surface area is 89.0 Å². The summed E-state index contributed by atoms with van der Waals surface area (Å²) in [5.74, 6) is 0.740. The predicted molar refractivity (Wildman–Crippen MR) is 56.8 cm³/mol. The lowest BCUT2D eigenvalue weighted by molar-refractivity contribution is 0.0809. The normalized spacial score (nSPS) is 12.6. The molecule has 3 nitrogen and oxygen atoms in total. The third-order valence-electron chi connectivity index (χ3n) is 1.99. The first-order chi connectivity index (χ1) is 6.72. The summed E-state index contributed by atoms with van der Waals surface area (Å²) < 4.78 is 10.3. The van der Waals surface area contributed by atoms with Crippen molar-refractivity contribution in [3.63, 3.8) is 0 Å². The zero-order chi connectivity index (χ0) is 10.6. The minimum atomic E-state index is -0.187. The topological polar surface area (TPSA) is 30.5 Å². The van der Waals surface area contributed by atoms with Gasteiger partial charge in [0, 0.05) is 12.7 Å². The van der Waals surface area contributed by atoms with Crippen LogP contribution in [-0.4, -0.2) is 21.3 Å². The third-order valence-corrected chi connectivity index (χ3v) is 2.32. The summed E-state index contributed by atoms with van der Waals surface area (Å²) in [5.41, 5.74) is 0.900. The Balaban J connectivity index is 2.98. The van der Waals surface area contributed by atoms with Crippen molar-refractivity contribution in [1.29, 1.82) is 0 Å². The molecule has 0 saturated heterocycles. The molecule has 0 bridgehead atoms. The molecule has 0 radical (unpaired) electrons. The van der Waals surface area contributed by atoms with E-state index in [0.29, 0.717) is 5.02 Å². The van der Waals surface area contributed by atoms with Crippen LogP contribution in [-0.2, 0) is 4.74 Å². The highest BCUT2D eigenvalue weighted by molar-refractivity contribution is 6.31. The fraction of sp³-hybridized carbons (Fsp3) is 0.400. The summed E-state index contributed by atoms with van der Waals surface area (Å²) in [5, 5.41) is 3.63. The molecule has 1 rings (SSSR count). The van der Waals surface area contributed by atoms with E-state index in [0.717, 1.165) is 11.3 Å². The lowest BCUT2D eigenvalue weighted by atomic mass is 10.2. The van der Waals surface area contributed by atoms with Gasteiger partial charge in [0.2, 0.25) is 0 Å². The van der Waals surface area contributed by atoms with Gasteiger partial charge in [0.25, 0.3) is 0 Å². The Morgan fingerprint density at radius 1 is 1.36 bits per heavy atom. The number of halogens is 1. The molecule has 1 atom stereocenters. The van der Waals surface area contributed by atoms with Gasteiger partial charge in [-0.3, -0.25) is 5.32 Å². The quantitative estimate of drug-likeness (QED) is 0.782. The molecule has 0 aliphatic heterocycles. The average Bonchev–Trinajstić information content (AvgIpc) is 2.22. The maximum absolute atomic E-state index is 6.06. The van der Waals surface area contributed by atoms with Crippen molar-refractivity contribution < 1.29 is 9.47 Å². The van der Waals surface area contributed by atoms with Crippen LogP contribution in [0.4, 0.5) is 0 Å². The molecule has 14 heavy (non-hydrogen) atoms. The van der Waals surface area contributed by atoms with Crippen LogP contribution >= 0.6 is 11.6 Å². The molecule has 0 spiro atoms. The second kappa shape index (κ2) is 5.20. The minimum absolute atomic E-state index is 0.187. The maximum Gasteiger partial charge on any atom is 0.135 e. The Kier molecular flexibility index (Phi) is 4.20. The van der Waals surface area contributed by atoms with Crippen molar-refractivity contribution in [1.82, 2.24) is 5.32 Å². The molecule has 78 valence electrons. The summed E-state index contributed by atoms with van der Waals surface area (Å²) in [6, 6.07) is 5.50. The summed E-state index contributed by atoms with van der Waals surface area (Å²) in [7, 11) is 5.05. The van der Waals surface area contributed by atoms with Gasteiger partial charge in [-0.25, -0.2) is 0 Å². The van der Waals surface area contributed by atoms with Crippen LogP contribution in [0.5, 0.6) is 5.75 Å². The van der Waals surface area contributed by atoms with Crippen LogP contribution in [0.3, 0.4) is 0 Å². The second-order valence-corrected chi connectivity index (χ2v) is 3.20. The molecule has 0 aliphatic rings. The van der Waals surface area contributed by atoms with Gasteiger partial charge in [0.15, 0.2) is 0 Å². The van der Waals surface area contributed by atoms with E-state index >= 15 is 0 Å². The number of methoxy groups -OCH3 is 2. The highest BCUT2D eigenvalue weighted by Gasteiger charge is 2.11. The summed E-state index contributed by atoms with van der Waals surface area (Å²) >= 11 is 6.06. The minimum Gasteiger partial charge on any atom is -0.497 e. The van der Waals surface area contributed by atoms with Crippen LogP contribution in [0.25, 0.3) is 0 Å². The van der Waals surface area contributed by atoms with Crippen molar-refractivity contribution >= 4 is 11.6 Å². The molecular formula is C10H14ClNO2. The fourth-order valence-corrected chi connectivity index (χ4v) is 1.52. The highest BCUT2D eigenvalue weighted by Crippen LogP contribution is 2.27. The number of rotatable bonds is 4. The first-order valence-electron chi connectivity index (χ1n) is 4.26. The van der Waals surface area contributed by atoms with Crippen LogP contribution in [0.2, 0.25) is 5.02 Å². The molecule has 1 aromatic rings. The molecule has 4 heteroatoms. The predicted octanol–water partition coefficient (Wildman–Crippen LogP) is 2.21. The van der Waals surface area contributed by atoms with Gasteiger partial charge in [-0.1, -0.05) is 11.6 Å². The number of nitrogens with one attached hydrogen (secondary N) is 1. The standard InChI is InChI=1S/C10H14ClNO2/c1-12-10(14-3)8-5-4-7(13-2)6-9(8)11/h4-6,10,12H,1-3H3. The molecule has 1 unspecified atom stereocenters. The van der Waals surface area contributed by atoms with Crippen LogP contribution in [0.15, 0.2) is 18.2 Å². The van der Waals surface area contributed by atoms with Gasteiger partial charge in [-0.05, 0) is 25.2 Å². The van der Waals surface area contributed by atoms with Gasteiger partial charge >= 0.3 is 0 Å². The zero-order valence-electron chi connectivity index (χ0n) is 8.50. The largest absolute Gasteiger partial charge is 0.497 e. The van der Waals surface area contributed by atoms with Crippen LogP contribution < -0.4 is 10.1 Å². The van der Waals surface area contributed by atoms with E-state index in [2.05, 4.69) is 5.32 Å². The highest BCUT2D eigenvalue weighted by atomic mass is 35.5. The number of hydrogen-bond donors (Lipinski definition) is 1. The van der Waals surface area contributed by atoms with Crippen molar-refractivity contribution in [3.05, 3.63) is 28.8 Å². The first-order valence-corrected chi connectivity index (χ1v) is 4.64. The van der Waals surface area contributed by atoms with Crippen molar-refractivity contribution in [2.75, 3.05) is 21.3 Å². The maximum atomic E-state index is 6.06. The van der Waals surface area contributed by atoms with Gasteiger partial charge in [0.1, 0.15) is 12.0 Å². The van der Waals surface area contributed by atoms with Gasteiger partial charge in [-0.2, -0.15) is 0 Å². The Morgan fingerprint density at radius 3 is 2.50 bits per heavy atom. The monoisotopic (exact) mass is 215 g/mol. The second-order valence-electron chi connectivity index (χ2n) is 2.79. The molecule has 0 amide bonds. The van der Waals surface area contributed by atoms with Gasteiger partial charge in [0.05, 0.1) is 12.1 Å². The molecule has 0 saturated carbocycles. The average molecular weight is 216 g/mol. The van der Waals surface area contributed by atoms with Crippen molar-refractivity contribution in [3.8, 4) is 5.75 Å². The number of hydrogen-bond acceptors (Lipinski definition) is 3. The Bertz CT molecular complexity index is 300. The summed E-state index contributed by atoms with van der Waals surface area (Å²) in [4.78, 5) is 0. The zero-order valence-corrected chi connectivity index (χ0v) is 9.26. The third kappa shape index (κ3) is 2.38. The smallest absolute Gasteiger partial charge is 0.135 e. The first kappa shape index (κ1) is 11.3. The van der Waals surface area contributed by atoms with E-state index in [9.17, 15) is 0 Å². The van der Waals surface area contributed by atoms with E-state index in [1.54, 1.807) is 20.3 Å². The Morgan fingerprint density at radius 2 is 2.07 bits per heavy atom. The van der Waals surface area contributed by atoms with Crippen molar-refractivity contribution in [2.24, 2.45) is 0 Å². The SMILES string of the molecule is CNC(OC)c1ccc(OC)cc1Cl. The lowest BCUT2D eigenvalue weighted by Gasteiger charge is -2.16. The Hall–Kier alpha value is -0.770. The van der Waals surface area contributed by atoms with Crippen molar-refractivity contribution in [2.45, 2.75) is 6.23 Å². The van der Waals surface area contributed by atoms with Gasteiger partial charge < -0.3 is 9.47 Å². The summed E-state index contributed by atoms with van der Waals surface area (Å²) in [6.07, 6.45) is -0.187. The summed E-state index contributed by atoms with van der Waals surface area (Å²) in [6.45, 7) is 0. The van der Waals surface area contributed by atoms with Gasteiger partial charge in [-0.15, -0.1) is 0 Å². The van der Waals surface area contributed by atoms with Crippen LogP contribution in [0.1, 0.15) is 11.8 Å². The molecule has 0 heterocycles. The number of benzene rings is 1. The molecule has 0 aliphatic carbocycles. The lowest BCUT2D eigenvalue weighted by Crippen LogP contribution is -2.18. The fourth-order valence-electron chi connectivity index (χ4n) is 1.25. The molecule has 0 fully saturated rings. The van der Waals surface area contributed by atoms with E-state index in [1.807, 2.05) is 19.2 Å². The van der Waals surface area contributed by atoms with E-state index in [1.165, 1.54) is 0 Å². The molecule has 1 N–H and O–H groups in total. The molecular weight excluding hydrogens is 202 g/mol. The van der Waals surface area contributed by atoms with E-state index in [4.69, 9.17) is 21.1 Å². The van der Waals surface area contributed by atoms with Crippen LogP contribution in [0, 0.1) is 0 Å². The number of ether oxygens (including phenoxy) is 2. The van der Waals surface area contributed by atoms with E-state index in [-0.39, 0.29) is 6.23 Å². The molecule has 1 aromatic carbocycles.